The molecule has 1 unspecified atom stereocenters. The van der Waals surface area contributed by atoms with E-state index in [1.54, 1.807) is 22.7 Å². The Balaban J connectivity index is 1.89. The molecule has 3 rings (SSSR count). The van der Waals surface area contributed by atoms with Gasteiger partial charge in [0.25, 0.3) is 5.78 Å². The van der Waals surface area contributed by atoms with E-state index in [0.29, 0.717) is 21.4 Å². The molecular weight excluding hydrogens is 337 g/mol. The summed E-state index contributed by atoms with van der Waals surface area (Å²) in [5.74, 6) is 1.23. The average molecular weight is 352 g/mol. The van der Waals surface area contributed by atoms with Crippen LogP contribution in [-0.2, 0) is 0 Å². The Labute approximate surface area is 143 Å². The third-order valence-electron chi connectivity index (χ3n) is 3.70. The number of nitrogens with zero attached hydrogens (tertiary/aromatic N) is 4. The van der Waals surface area contributed by atoms with E-state index in [1.807, 2.05) is 13.8 Å². The van der Waals surface area contributed by atoms with Gasteiger partial charge in [-0.15, -0.1) is 0 Å². The van der Waals surface area contributed by atoms with Crippen molar-refractivity contribution in [2.45, 2.75) is 20.0 Å². The molecule has 1 atom stereocenters. The van der Waals surface area contributed by atoms with Crippen LogP contribution >= 0.6 is 23.2 Å². The molecule has 23 heavy (non-hydrogen) atoms. The number of benzene rings is 1. The van der Waals surface area contributed by atoms with Crippen molar-refractivity contribution in [1.29, 1.82) is 0 Å². The highest BCUT2D eigenvalue weighted by atomic mass is 35.5. The Morgan fingerprint density at radius 2 is 1.96 bits per heavy atom. The molecule has 0 aliphatic rings. The van der Waals surface area contributed by atoms with Gasteiger partial charge in [0.2, 0.25) is 0 Å². The largest absolute Gasteiger partial charge is 0.386 e. The highest BCUT2D eigenvalue weighted by Crippen LogP contribution is 2.30. The number of hydrogen-bond donors (Lipinski definition) is 2. The number of rotatable bonds is 4. The molecule has 1 aromatic carbocycles. The quantitative estimate of drug-likeness (QED) is 0.754. The third kappa shape index (κ3) is 2.97. The van der Waals surface area contributed by atoms with E-state index >= 15 is 0 Å². The van der Waals surface area contributed by atoms with Gasteiger partial charge in [-0.3, -0.25) is 0 Å². The summed E-state index contributed by atoms with van der Waals surface area (Å²) in [5, 5.41) is 18.6. The lowest BCUT2D eigenvalue weighted by Crippen LogP contribution is -2.17. The fourth-order valence-electron chi connectivity index (χ4n) is 2.37. The lowest BCUT2D eigenvalue weighted by atomic mass is 10.1. The van der Waals surface area contributed by atoms with Gasteiger partial charge in [0.15, 0.2) is 0 Å². The third-order valence-corrected chi connectivity index (χ3v) is 4.36. The first-order valence-corrected chi connectivity index (χ1v) is 7.77. The second kappa shape index (κ2) is 6.31. The van der Waals surface area contributed by atoms with Gasteiger partial charge in [-0.1, -0.05) is 29.3 Å². The maximum atomic E-state index is 10.4. The van der Waals surface area contributed by atoms with Crippen LogP contribution in [0.15, 0.2) is 24.5 Å². The van der Waals surface area contributed by atoms with Gasteiger partial charge in [-0.05, 0) is 26.0 Å². The minimum Gasteiger partial charge on any atom is -0.386 e. The Hall–Kier alpha value is -1.89. The van der Waals surface area contributed by atoms with Crippen LogP contribution in [0.4, 0.5) is 5.82 Å². The van der Waals surface area contributed by atoms with Gasteiger partial charge >= 0.3 is 0 Å². The minimum absolute atomic E-state index is 0.225. The van der Waals surface area contributed by atoms with E-state index in [2.05, 4.69) is 20.4 Å². The standard InChI is InChI=1S/C15H15Cl2N5O/c1-8-9(2)21-15-19-7-20-22(15)14(8)18-6-12(23)13-10(16)4-3-5-11(13)17/h3-5,7,12,18,23H,6H2,1-2H3. The summed E-state index contributed by atoms with van der Waals surface area (Å²) in [5.41, 5.74) is 2.28. The van der Waals surface area contributed by atoms with Crippen LogP contribution < -0.4 is 5.32 Å². The number of nitrogens with one attached hydrogen (secondary N) is 1. The number of aliphatic hydroxyl groups excluding tert-OH is 1. The molecule has 3 aromatic rings. The topological polar surface area (TPSA) is 75.3 Å². The van der Waals surface area contributed by atoms with Crippen molar-refractivity contribution < 1.29 is 5.11 Å². The Morgan fingerprint density at radius 3 is 2.65 bits per heavy atom. The number of halogens is 2. The first-order chi connectivity index (χ1) is 11.0. The van der Waals surface area contributed by atoms with Crippen LogP contribution in [0, 0.1) is 13.8 Å². The molecule has 0 bridgehead atoms. The van der Waals surface area contributed by atoms with Crippen molar-refractivity contribution in [1.82, 2.24) is 19.6 Å². The molecule has 0 amide bonds. The first-order valence-electron chi connectivity index (χ1n) is 7.02. The maximum Gasteiger partial charge on any atom is 0.254 e. The van der Waals surface area contributed by atoms with Gasteiger partial charge in [0, 0.05) is 33.4 Å². The van der Waals surface area contributed by atoms with E-state index in [9.17, 15) is 5.11 Å². The van der Waals surface area contributed by atoms with E-state index in [4.69, 9.17) is 23.2 Å². The zero-order chi connectivity index (χ0) is 16.6. The van der Waals surface area contributed by atoms with Gasteiger partial charge in [-0.25, -0.2) is 4.98 Å². The predicted octanol–water partition coefficient (Wildman–Crippen LogP) is 3.19. The van der Waals surface area contributed by atoms with Gasteiger partial charge < -0.3 is 10.4 Å². The van der Waals surface area contributed by atoms with Crippen LogP contribution in [0.1, 0.15) is 22.9 Å². The molecule has 0 fully saturated rings. The Morgan fingerprint density at radius 1 is 1.26 bits per heavy atom. The fourth-order valence-corrected chi connectivity index (χ4v) is 3.01. The van der Waals surface area contributed by atoms with Crippen LogP contribution in [0.25, 0.3) is 5.78 Å². The molecule has 2 heterocycles. The summed E-state index contributed by atoms with van der Waals surface area (Å²) in [6.07, 6.45) is 0.580. The molecule has 8 heteroatoms. The van der Waals surface area contributed by atoms with Crippen molar-refractivity contribution in [3.63, 3.8) is 0 Å². The molecule has 0 radical (unpaired) electrons. The summed E-state index contributed by atoms with van der Waals surface area (Å²) in [6, 6.07) is 5.14. The lowest BCUT2D eigenvalue weighted by Gasteiger charge is -2.17. The number of aryl methyl sites for hydroxylation is 1. The molecule has 0 aliphatic carbocycles. The Bertz CT molecular complexity index is 844. The summed E-state index contributed by atoms with van der Waals surface area (Å²) in [4.78, 5) is 8.44. The van der Waals surface area contributed by atoms with Crippen LogP contribution in [0.2, 0.25) is 10.0 Å². The molecule has 0 saturated carbocycles. The zero-order valence-electron chi connectivity index (χ0n) is 12.6. The van der Waals surface area contributed by atoms with E-state index in [1.165, 1.54) is 6.33 Å². The fraction of sp³-hybridized carbons (Fsp3) is 0.267. The Kier molecular flexibility index (Phi) is 4.39. The number of fused-ring (bicyclic) bond motifs is 1. The van der Waals surface area contributed by atoms with Crippen molar-refractivity contribution in [3.05, 3.63) is 51.4 Å². The molecule has 120 valence electrons. The first kappa shape index (κ1) is 16.0. The van der Waals surface area contributed by atoms with Gasteiger partial charge in [-0.2, -0.15) is 14.6 Å². The predicted molar refractivity (Wildman–Crippen MR) is 90.2 cm³/mol. The second-order valence-corrected chi connectivity index (χ2v) is 5.99. The smallest absolute Gasteiger partial charge is 0.254 e. The monoisotopic (exact) mass is 351 g/mol. The molecular formula is C15H15Cl2N5O. The van der Waals surface area contributed by atoms with Crippen LogP contribution in [0.5, 0.6) is 0 Å². The summed E-state index contributed by atoms with van der Waals surface area (Å²) >= 11 is 12.3. The van der Waals surface area contributed by atoms with E-state index in [0.717, 1.165) is 17.1 Å². The van der Waals surface area contributed by atoms with Gasteiger partial charge in [0.1, 0.15) is 12.1 Å². The molecule has 0 spiro atoms. The number of hydrogen-bond acceptors (Lipinski definition) is 5. The van der Waals surface area contributed by atoms with E-state index < -0.39 is 6.10 Å². The van der Waals surface area contributed by atoms with Crippen LogP contribution in [0.3, 0.4) is 0 Å². The van der Waals surface area contributed by atoms with Crippen molar-refractivity contribution in [2.75, 3.05) is 11.9 Å². The summed E-state index contributed by atoms with van der Waals surface area (Å²) < 4.78 is 1.60. The highest BCUT2D eigenvalue weighted by Gasteiger charge is 2.17. The highest BCUT2D eigenvalue weighted by molar-refractivity contribution is 6.36. The van der Waals surface area contributed by atoms with Crippen molar-refractivity contribution in [3.8, 4) is 0 Å². The maximum absolute atomic E-state index is 10.4. The summed E-state index contributed by atoms with van der Waals surface area (Å²) in [6.45, 7) is 4.06. The minimum atomic E-state index is -0.859. The lowest BCUT2D eigenvalue weighted by molar-refractivity contribution is 0.191. The average Bonchev–Trinajstić information content (AvgIpc) is 2.95. The molecule has 0 aliphatic heterocycles. The molecule has 2 N–H and O–H groups in total. The van der Waals surface area contributed by atoms with Crippen molar-refractivity contribution in [2.24, 2.45) is 0 Å². The zero-order valence-corrected chi connectivity index (χ0v) is 14.1. The van der Waals surface area contributed by atoms with Gasteiger partial charge in [0.05, 0.1) is 6.10 Å². The number of aromatic nitrogens is 4. The summed E-state index contributed by atoms with van der Waals surface area (Å²) in [7, 11) is 0. The number of aliphatic hydroxyl groups is 1. The molecule has 0 saturated heterocycles. The second-order valence-electron chi connectivity index (χ2n) is 5.17. The molecule has 2 aromatic heterocycles. The van der Waals surface area contributed by atoms with Crippen LogP contribution in [-0.4, -0.2) is 31.2 Å². The molecule has 6 nitrogen and oxygen atoms in total. The van der Waals surface area contributed by atoms with E-state index in [-0.39, 0.29) is 6.54 Å². The van der Waals surface area contributed by atoms with Crippen molar-refractivity contribution >= 4 is 34.8 Å². The number of anilines is 1. The SMILES string of the molecule is Cc1nc2ncnn2c(NCC(O)c2c(Cl)cccc2Cl)c1C. The normalized spacial score (nSPS) is 12.6.